The molecule has 1 fully saturated rings. The molecule has 2 rings (SSSR count). The van der Waals surface area contributed by atoms with Gasteiger partial charge in [-0.3, -0.25) is 0 Å². The lowest BCUT2D eigenvalue weighted by Crippen LogP contribution is -2.24. The zero-order chi connectivity index (χ0) is 11.5. The molecule has 1 unspecified atom stereocenters. The van der Waals surface area contributed by atoms with Gasteiger partial charge in [-0.2, -0.15) is 5.26 Å². The average Bonchev–Trinajstić information content (AvgIpc) is 2.67. The fraction of sp³-hybridized carbons (Fsp3) is 0.455. The van der Waals surface area contributed by atoms with Gasteiger partial charge in [0.2, 0.25) is 0 Å². The van der Waals surface area contributed by atoms with Gasteiger partial charge in [-0.05, 0) is 26.1 Å². The largest absolute Gasteiger partial charge is 0.365 e. The zero-order valence-corrected chi connectivity index (χ0v) is 9.83. The highest BCUT2D eigenvalue weighted by Gasteiger charge is 2.20. The summed E-state index contributed by atoms with van der Waals surface area (Å²) in [6.45, 7) is 2.06. The second kappa shape index (κ2) is 4.69. The minimum absolute atomic E-state index is 0.365. The molecule has 0 bridgehead atoms. The van der Waals surface area contributed by atoms with E-state index in [1.807, 2.05) is 6.07 Å². The lowest BCUT2D eigenvalue weighted by Gasteiger charge is -2.14. The molecule has 5 heteroatoms. The maximum atomic E-state index is 8.85. The first-order valence-electron chi connectivity index (χ1n) is 5.20. The third-order valence-electron chi connectivity index (χ3n) is 2.74. The zero-order valence-electron chi connectivity index (χ0n) is 9.07. The van der Waals surface area contributed by atoms with Crippen molar-refractivity contribution in [2.45, 2.75) is 12.5 Å². The van der Waals surface area contributed by atoms with E-state index >= 15 is 0 Å². The molecule has 1 N–H and O–H groups in total. The summed E-state index contributed by atoms with van der Waals surface area (Å²) in [5, 5.41) is 12.5. The van der Waals surface area contributed by atoms with Crippen LogP contribution in [0.4, 0.5) is 5.82 Å². The van der Waals surface area contributed by atoms with E-state index in [9.17, 15) is 0 Å². The van der Waals surface area contributed by atoms with Crippen molar-refractivity contribution >= 4 is 17.4 Å². The number of pyridine rings is 1. The molecule has 1 saturated heterocycles. The quantitative estimate of drug-likeness (QED) is 0.850. The summed E-state index contributed by atoms with van der Waals surface area (Å²) in [7, 11) is 2.09. The highest BCUT2D eigenvalue weighted by Crippen LogP contribution is 2.24. The van der Waals surface area contributed by atoms with Gasteiger partial charge in [0.15, 0.2) is 0 Å². The Morgan fingerprint density at radius 3 is 3.12 bits per heavy atom. The lowest BCUT2D eigenvalue weighted by atomic mass is 10.2. The SMILES string of the molecule is CN1CCC(Nc2nccc(C#N)c2Cl)C1. The molecule has 1 atom stereocenters. The fourth-order valence-electron chi connectivity index (χ4n) is 1.88. The summed E-state index contributed by atoms with van der Waals surface area (Å²) in [5.41, 5.74) is 0.463. The van der Waals surface area contributed by atoms with Gasteiger partial charge >= 0.3 is 0 Å². The van der Waals surface area contributed by atoms with Gasteiger partial charge in [-0.1, -0.05) is 11.6 Å². The highest BCUT2D eigenvalue weighted by molar-refractivity contribution is 6.34. The van der Waals surface area contributed by atoms with Gasteiger partial charge < -0.3 is 10.2 Å². The Bertz CT molecular complexity index is 426. The second-order valence-electron chi connectivity index (χ2n) is 4.03. The molecule has 0 aliphatic carbocycles. The van der Waals surface area contributed by atoms with E-state index in [0.29, 0.717) is 22.4 Å². The van der Waals surface area contributed by atoms with Crippen molar-refractivity contribution in [2.75, 3.05) is 25.5 Å². The van der Waals surface area contributed by atoms with Gasteiger partial charge in [0.05, 0.1) is 5.56 Å². The van der Waals surface area contributed by atoms with Crippen molar-refractivity contribution < 1.29 is 0 Å². The summed E-state index contributed by atoms with van der Waals surface area (Å²) >= 11 is 6.06. The minimum atomic E-state index is 0.365. The van der Waals surface area contributed by atoms with Crippen LogP contribution in [0.5, 0.6) is 0 Å². The van der Waals surface area contributed by atoms with Gasteiger partial charge in [0, 0.05) is 18.8 Å². The normalized spacial score (nSPS) is 20.7. The highest BCUT2D eigenvalue weighted by atomic mass is 35.5. The maximum absolute atomic E-state index is 8.85. The van der Waals surface area contributed by atoms with E-state index < -0.39 is 0 Å². The molecule has 0 saturated carbocycles. The molecule has 2 heterocycles. The summed E-state index contributed by atoms with van der Waals surface area (Å²) in [6.07, 6.45) is 2.68. The number of halogens is 1. The van der Waals surface area contributed by atoms with Gasteiger partial charge in [-0.25, -0.2) is 4.98 Å². The third-order valence-corrected chi connectivity index (χ3v) is 3.12. The molecule has 1 aromatic heterocycles. The average molecular weight is 237 g/mol. The minimum Gasteiger partial charge on any atom is -0.365 e. The van der Waals surface area contributed by atoms with Crippen LogP contribution in [0.25, 0.3) is 0 Å². The molecule has 1 aliphatic rings. The van der Waals surface area contributed by atoms with E-state index in [2.05, 4.69) is 22.2 Å². The Morgan fingerprint density at radius 1 is 1.69 bits per heavy atom. The van der Waals surface area contributed by atoms with Crippen LogP contribution in [-0.2, 0) is 0 Å². The summed E-state index contributed by atoms with van der Waals surface area (Å²) in [5.74, 6) is 0.612. The third kappa shape index (κ3) is 2.26. The number of hydrogen-bond donors (Lipinski definition) is 1. The fourth-order valence-corrected chi connectivity index (χ4v) is 2.09. The van der Waals surface area contributed by atoms with Gasteiger partial charge in [-0.15, -0.1) is 0 Å². The molecular formula is C11H13ClN4. The number of nitriles is 1. The predicted molar refractivity (Wildman–Crippen MR) is 63.5 cm³/mol. The van der Waals surface area contributed by atoms with Crippen LogP contribution < -0.4 is 5.32 Å². The first-order chi connectivity index (χ1) is 7.70. The van der Waals surface area contributed by atoms with E-state index in [1.54, 1.807) is 12.3 Å². The lowest BCUT2D eigenvalue weighted by molar-refractivity contribution is 0.414. The molecular weight excluding hydrogens is 224 g/mol. The Morgan fingerprint density at radius 2 is 2.50 bits per heavy atom. The molecule has 16 heavy (non-hydrogen) atoms. The van der Waals surface area contributed by atoms with E-state index in [0.717, 1.165) is 19.5 Å². The number of nitrogens with one attached hydrogen (secondary N) is 1. The summed E-state index contributed by atoms with van der Waals surface area (Å²) in [6, 6.07) is 4.03. The van der Waals surface area contributed by atoms with Crippen molar-refractivity contribution in [3.8, 4) is 6.07 Å². The predicted octanol–water partition coefficient (Wildman–Crippen LogP) is 1.72. The smallest absolute Gasteiger partial charge is 0.146 e. The van der Waals surface area contributed by atoms with Crippen LogP contribution in [0.15, 0.2) is 12.3 Å². The topological polar surface area (TPSA) is 52.0 Å². The Labute approximate surface area is 99.8 Å². The molecule has 1 aliphatic heterocycles. The van der Waals surface area contributed by atoms with Crippen molar-refractivity contribution in [2.24, 2.45) is 0 Å². The first-order valence-corrected chi connectivity index (χ1v) is 5.58. The van der Waals surface area contributed by atoms with Crippen molar-refractivity contribution in [3.05, 3.63) is 22.8 Å². The van der Waals surface area contributed by atoms with Crippen molar-refractivity contribution in [1.82, 2.24) is 9.88 Å². The van der Waals surface area contributed by atoms with Crippen LogP contribution in [0.3, 0.4) is 0 Å². The molecule has 0 spiro atoms. The molecule has 1 aromatic rings. The Kier molecular flexibility index (Phi) is 3.28. The molecule has 0 aromatic carbocycles. The Hall–Kier alpha value is -1.31. The number of aromatic nitrogens is 1. The Balaban J connectivity index is 2.13. The van der Waals surface area contributed by atoms with Crippen LogP contribution in [0.2, 0.25) is 5.02 Å². The number of rotatable bonds is 2. The van der Waals surface area contributed by atoms with Crippen molar-refractivity contribution in [3.63, 3.8) is 0 Å². The molecule has 4 nitrogen and oxygen atoms in total. The van der Waals surface area contributed by atoms with Crippen LogP contribution >= 0.6 is 11.6 Å². The number of anilines is 1. The van der Waals surface area contributed by atoms with E-state index in [4.69, 9.17) is 16.9 Å². The van der Waals surface area contributed by atoms with Crippen molar-refractivity contribution in [1.29, 1.82) is 5.26 Å². The monoisotopic (exact) mass is 236 g/mol. The van der Waals surface area contributed by atoms with Gasteiger partial charge in [0.1, 0.15) is 16.9 Å². The number of nitrogens with zero attached hydrogens (tertiary/aromatic N) is 3. The van der Waals surface area contributed by atoms with Crippen LogP contribution in [-0.4, -0.2) is 36.1 Å². The molecule has 0 amide bonds. The summed E-state index contributed by atoms with van der Waals surface area (Å²) in [4.78, 5) is 6.41. The number of hydrogen-bond acceptors (Lipinski definition) is 4. The standard InChI is InChI=1S/C11H13ClN4/c1-16-5-3-9(7-16)15-11-10(12)8(6-13)2-4-14-11/h2,4,9H,3,5,7H2,1H3,(H,14,15). The van der Waals surface area contributed by atoms with Crippen LogP contribution in [0, 0.1) is 11.3 Å². The van der Waals surface area contributed by atoms with E-state index in [-0.39, 0.29) is 0 Å². The van der Waals surface area contributed by atoms with Gasteiger partial charge in [0.25, 0.3) is 0 Å². The molecule has 0 radical (unpaired) electrons. The first kappa shape index (κ1) is 11.2. The van der Waals surface area contributed by atoms with E-state index in [1.165, 1.54) is 0 Å². The second-order valence-corrected chi connectivity index (χ2v) is 4.40. The number of likely N-dealkylation sites (N-methyl/N-ethyl adjacent to an activating group) is 1. The molecule has 84 valence electrons. The number of likely N-dealkylation sites (tertiary alicyclic amines) is 1. The summed E-state index contributed by atoms with van der Waals surface area (Å²) < 4.78 is 0. The van der Waals surface area contributed by atoms with Crippen LogP contribution in [0.1, 0.15) is 12.0 Å². The maximum Gasteiger partial charge on any atom is 0.146 e.